The second-order valence-corrected chi connectivity index (χ2v) is 6.07. The molecule has 2 amide bonds. The Morgan fingerprint density at radius 2 is 1.96 bits per heavy atom. The van der Waals surface area contributed by atoms with Crippen molar-refractivity contribution in [3.8, 4) is 11.1 Å². The Morgan fingerprint density at radius 3 is 2.62 bits per heavy atom. The predicted octanol–water partition coefficient (Wildman–Crippen LogP) is 1.63. The molecule has 1 aliphatic heterocycles. The molecule has 7 heteroatoms. The summed E-state index contributed by atoms with van der Waals surface area (Å²) in [6.07, 6.45) is 0. The van der Waals surface area contributed by atoms with Gasteiger partial charge < -0.3 is 21.5 Å². The lowest BCUT2D eigenvalue weighted by atomic mass is 9.95. The highest BCUT2D eigenvalue weighted by Gasteiger charge is 2.32. The van der Waals surface area contributed by atoms with Crippen LogP contribution >= 0.6 is 0 Å². The summed E-state index contributed by atoms with van der Waals surface area (Å²) in [5.74, 6) is -2.01. The van der Waals surface area contributed by atoms with E-state index < -0.39 is 11.9 Å². The Labute approximate surface area is 149 Å². The van der Waals surface area contributed by atoms with Crippen molar-refractivity contribution in [2.75, 3.05) is 12.3 Å². The van der Waals surface area contributed by atoms with E-state index in [0.29, 0.717) is 22.4 Å². The number of amides is 2. The fraction of sp³-hybridized carbons (Fsp3) is 0.105. The second-order valence-electron chi connectivity index (χ2n) is 6.07. The van der Waals surface area contributed by atoms with Crippen LogP contribution in [0.1, 0.15) is 26.3 Å². The van der Waals surface area contributed by atoms with Crippen LogP contribution in [0.3, 0.4) is 0 Å². The van der Waals surface area contributed by atoms with Crippen molar-refractivity contribution in [2.24, 2.45) is 5.73 Å². The zero-order chi connectivity index (χ0) is 19.0. The van der Waals surface area contributed by atoms with Gasteiger partial charge in [-0.05, 0) is 34.9 Å². The first-order chi connectivity index (χ1) is 12.3. The zero-order valence-corrected chi connectivity index (χ0v) is 13.9. The molecule has 0 bridgehead atoms. The van der Waals surface area contributed by atoms with Gasteiger partial charge in [0.25, 0.3) is 5.91 Å². The zero-order valence-electron chi connectivity index (χ0n) is 13.9. The van der Waals surface area contributed by atoms with Crippen LogP contribution in [-0.4, -0.2) is 34.3 Å². The number of carboxylic acids is 1. The Balaban J connectivity index is 2.05. The first-order valence-electron chi connectivity index (χ1n) is 7.81. The molecule has 0 aliphatic carbocycles. The molecule has 2 aromatic rings. The van der Waals surface area contributed by atoms with Crippen molar-refractivity contribution in [1.82, 2.24) is 4.90 Å². The minimum atomic E-state index is -1.03. The van der Waals surface area contributed by atoms with Crippen molar-refractivity contribution < 1.29 is 19.5 Å². The quantitative estimate of drug-likeness (QED) is 0.557. The van der Waals surface area contributed by atoms with E-state index in [1.165, 1.54) is 11.0 Å². The first-order valence-corrected chi connectivity index (χ1v) is 7.81. The third kappa shape index (κ3) is 2.90. The fourth-order valence-electron chi connectivity index (χ4n) is 3.03. The molecule has 7 nitrogen and oxygen atoms in total. The molecule has 3 rings (SSSR count). The average molecular weight is 351 g/mol. The molecule has 0 saturated heterocycles. The molecule has 0 atom stereocenters. The molecule has 0 spiro atoms. The smallest absolute Gasteiger partial charge is 0.335 e. The van der Waals surface area contributed by atoms with Crippen LogP contribution in [0, 0.1) is 0 Å². The maximum Gasteiger partial charge on any atom is 0.335 e. The summed E-state index contributed by atoms with van der Waals surface area (Å²) < 4.78 is 0. The van der Waals surface area contributed by atoms with Crippen LogP contribution in [0.15, 0.2) is 48.6 Å². The van der Waals surface area contributed by atoms with E-state index in [0.717, 1.165) is 5.56 Å². The van der Waals surface area contributed by atoms with Gasteiger partial charge in [0.1, 0.15) is 0 Å². The Kier molecular flexibility index (Phi) is 4.21. The van der Waals surface area contributed by atoms with Gasteiger partial charge in [-0.15, -0.1) is 0 Å². The van der Waals surface area contributed by atoms with E-state index in [4.69, 9.17) is 11.5 Å². The lowest BCUT2D eigenvalue weighted by Gasteiger charge is -2.15. The standard InChI is InChI=1S/C19H17N3O4/c1-10(17(21)23)8-22-9-14-13(5-6-15(20)16(14)18(22)24)11-3-2-4-12(7-11)19(25)26/h2-7H,1,8-9,20H2,(H2,21,23)(H,25,26). The molecular formula is C19H17N3O4. The van der Waals surface area contributed by atoms with Gasteiger partial charge in [-0.25, -0.2) is 4.79 Å². The molecule has 2 aromatic carbocycles. The number of anilines is 1. The van der Waals surface area contributed by atoms with Gasteiger partial charge in [0, 0.05) is 17.8 Å². The van der Waals surface area contributed by atoms with Crippen LogP contribution in [0.4, 0.5) is 5.69 Å². The van der Waals surface area contributed by atoms with Crippen molar-refractivity contribution in [1.29, 1.82) is 0 Å². The molecule has 1 aliphatic rings. The molecule has 0 saturated carbocycles. The number of carbonyl (C=O) groups is 3. The molecule has 0 radical (unpaired) electrons. The van der Waals surface area contributed by atoms with Gasteiger partial charge >= 0.3 is 5.97 Å². The third-order valence-corrected chi connectivity index (χ3v) is 4.35. The molecule has 5 N–H and O–H groups in total. The molecule has 1 heterocycles. The van der Waals surface area contributed by atoms with Crippen LogP contribution in [0.25, 0.3) is 11.1 Å². The summed E-state index contributed by atoms with van der Waals surface area (Å²) in [6.45, 7) is 3.83. The van der Waals surface area contributed by atoms with Crippen molar-refractivity contribution in [3.05, 3.63) is 65.2 Å². The number of carbonyl (C=O) groups excluding carboxylic acids is 2. The molecular weight excluding hydrogens is 334 g/mol. The number of nitrogen functional groups attached to an aromatic ring is 1. The minimum Gasteiger partial charge on any atom is -0.478 e. The van der Waals surface area contributed by atoms with Crippen LogP contribution in [0.2, 0.25) is 0 Å². The van der Waals surface area contributed by atoms with Gasteiger partial charge in [-0.1, -0.05) is 24.8 Å². The van der Waals surface area contributed by atoms with Gasteiger partial charge in [-0.2, -0.15) is 0 Å². The number of benzene rings is 2. The summed E-state index contributed by atoms with van der Waals surface area (Å²) in [5.41, 5.74) is 14.2. The van der Waals surface area contributed by atoms with Crippen LogP contribution in [-0.2, 0) is 11.3 Å². The number of nitrogens with two attached hydrogens (primary N) is 2. The van der Waals surface area contributed by atoms with Gasteiger partial charge in [0.05, 0.1) is 17.7 Å². The number of nitrogens with zero attached hydrogens (tertiary/aromatic N) is 1. The number of aromatic carboxylic acids is 1. The topological polar surface area (TPSA) is 127 Å². The highest BCUT2D eigenvalue weighted by atomic mass is 16.4. The fourth-order valence-corrected chi connectivity index (χ4v) is 3.03. The molecule has 0 fully saturated rings. The van der Waals surface area contributed by atoms with Crippen molar-refractivity contribution in [3.63, 3.8) is 0 Å². The number of rotatable bonds is 5. The van der Waals surface area contributed by atoms with E-state index in [-0.39, 0.29) is 30.1 Å². The molecule has 132 valence electrons. The van der Waals surface area contributed by atoms with E-state index in [9.17, 15) is 19.5 Å². The summed E-state index contributed by atoms with van der Waals surface area (Å²) in [7, 11) is 0. The van der Waals surface area contributed by atoms with Crippen molar-refractivity contribution >= 4 is 23.5 Å². The molecule has 0 aromatic heterocycles. The summed E-state index contributed by atoms with van der Waals surface area (Å²) in [6, 6.07) is 9.83. The van der Waals surface area contributed by atoms with E-state index in [1.807, 2.05) is 0 Å². The Bertz CT molecular complexity index is 965. The average Bonchev–Trinajstić information content (AvgIpc) is 2.92. The lowest BCUT2D eigenvalue weighted by Crippen LogP contribution is -2.30. The van der Waals surface area contributed by atoms with Crippen LogP contribution < -0.4 is 11.5 Å². The SMILES string of the molecule is C=C(CN1Cc2c(-c3cccc(C(=O)O)c3)ccc(N)c2C1=O)C(N)=O. The van der Waals surface area contributed by atoms with E-state index in [1.54, 1.807) is 30.3 Å². The maximum absolute atomic E-state index is 12.7. The number of fused-ring (bicyclic) bond motifs is 1. The number of hydrogen-bond acceptors (Lipinski definition) is 4. The largest absolute Gasteiger partial charge is 0.478 e. The molecule has 0 unspecified atom stereocenters. The van der Waals surface area contributed by atoms with Crippen molar-refractivity contribution in [2.45, 2.75) is 6.54 Å². The summed E-state index contributed by atoms with van der Waals surface area (Å²) in [5, 5.41) is 9.19. The van der Waals surface area contributed by atoms with E-state index >= 15 is 0 Å². The van der Waals surface area contributed by atoms with Gasteiger partial charge in [0.15, 0.2) is 0 Å². The van der Waals surface area contributed by atoms with Gasteiger partial charge in [0.2, 0.25) is 5.91 Å². The normalized spacial score (nSPS) is 12.8. The van der Waals surface area contributed by atoms with Gasteiger partial charge in [-0.3, -0.25) is 9.59 Å². The summed E-state index contributed by atoms with van der Waals surface area (Å²) in [4.78, 5) is 36.6. The highest BCUT2D eigenvalue weighted by Crippen LogP contribution is 2.36. The number of hydrogen-bond donors (Lipinski definition) is 3. The third-order valence-electron chi connectivity index (χ3n) is 4.35. The molecule has 26 heavy (non-hydrogen) atoms. The van der Waals surface area contributed by atoms with E-state index in [2.05, 4.69) is 6.58 Å². The Morgan fingerprint density at radius 1 is 1.23 bits per heavy atom. The highest BCUT2D eigenvalue weighted by molar-refractivity contribution is 6.06. The Hall–Kier alpha value is -3.61. The summed E-state index contributed by atoms with van der Waals surface area (Å²) >= 11 is 0. The second kappa shape index (κ2) is 6.36. The predicted molar refractivity (Wildman–Crippen MR) is 96.3 cm³/mol. The first kappa shape index (κ1) is 17.2. The number of primary amides is 1. The lowest BCUT2D eigenvalue weighted by molar-refractivity contribution is -0.114. The number of carboxylic acid groups (broad SMARTS) is 1. The van der Waals surface area contributed by atoms with Crippen LogP contribution in [0.5, 0.6) is 0 Å². The minimum absolute atomic E-state index is 0.0108. The maximum atomic E-state index is 12.7. The monoisotopic (exact) mass is 351 g/mol.